The van der Waals surface area contributed by atoms with Gasteiger partial charge in [0.15, 0.2) is 0 Å². The third-order valence-electron chi connectivity index (χ3n) is 5.27. The minimum absolute atomic E-state index is 0.112. The Kier molecular flexibility index (Phi) is 10.3. The van der Waals surface area contributed by atoms with E-state index in [4.69, 9.17) is 11.6 Å². The average Bonchev–Trinajstić information content (AvgIpc) is 2.80. The summed E-state index contributed by atoms with van der Waals surface area (Å²) in [6.45, 7) is 4.60. The van der Waals surface area contributed by atoms with E-state index in [0.29, 0.717) is 18.0 Å². The van der Waals surface area contributed by atoms with E-state index in [0.717, 1.165) is 12.0 Å². The molecular formula is C24H32ClN3O4S. The van der Waals surface area contributed by atoms with Crippen LogP contribution in [0.25, 0.3) is 0 Å². The number of carbonyl (C=O) groups is 2. The number of halogens is 1. The van der Waals surface area contributed by atoms with Gasteiger partial charge in [0, 0.05) is 38.1 Å². The predicted octanol–water partition coefficient (Wildman–Crippen LogP) is 3.68. The van der Waals surface area contributed by atoms with E-state index in [1.807, 2.05) is 13.0 Å². The zero-order valence-electron chi connectivity index (χ0n) is 19.3. The molecule has 1 unspecified atom stereocenters. The van der Waals surface area contributed by atoms with Crippen LogP contribution >= 0.6 is 11.6 Å². The second-order valence-electron chi connectivity index (χ2n) is 7.86. The van der Waals surface area contributed by atoms with Crippen molar-refractivity contribution in [3.8, 4) is 0 Å². The van der Waals surface area contributed by atoms with Crippen LogP contribution in [-0.2, 0) is 26.2 Å². The van der Waals surface area contributed by atoms with E-state index < -0.39 is 16.1 Å². The second-order valence-corrected chi connectivity index (χ2v) is 10.3. The molecule has 2 rings (SSSR count). The van der Waals surface area contributed by atoms with Gasteiger partial charge in [0.25, 0.3) is 0 Å². The Morgan fingerprint density at radius 3 is 2.42 bits per heavy atom. The van der Waals surface area contributed by atoms with E-state index >= 15 is 0 Å². The molecule has 0 aliphatic heterocycles. The second kappa shape index (κ2) is 12.7. The molecule has 2 aromatic rings. The first-order chi connectivity index (χ1) is 15.7. The summed E-state index contributed by atoms with van der Waals surface area (Å²) in [4.78, 5) is 27.4. The normalized spacial score (nSPS) is 12.4. The Bertz CT molecular complexity index is 1030. The van der Waals surface area contributed by atoms with Gasteiger partial charge in [-0.3, -0.25) is 9.59 Å². The van der Waals surface area contributed by atoms with Crippen LogP contribution in [-0.4, -0.2) is 55.6 Å². The number of hydrogen-bond acceptors (Lipinski definition) is 4. The van der Waals surface area contributed by atoms with Crippen molar-refractivity contribution in [3.63, 3.8) is 0 Å². The summed E-state index contributed by atoms with van der Waals surface area (Å²) >= 11 is 6.09. The molecule has 0 radical (unpaired) electrons. The smallest absolute Gasteiger partial charge is 0.242 e. The van der Waals surface area contributed by atoms with E-state index in [2.05, 4.69) is 5.32 Å². The van der Waals surface area contributed by atoms with Crippen molar-refractivity contribution >= 4 is 33.4 Å². The summed E-state index contributed by atoms with van der Waals surface area (Å²) in [5.41, 5.74) is 0.815. The average molecular weight is 494 g/mol. The maximum Gasteiger partial charge on any atom is 0.242 e. The molecule has 7 nitrogen and oxygen atoms in total. The highest BCUT2D eigenvalue weighted by Crippen LogP contribution is 2.17. The van der Waals surface area contributed by atoms with Gasteiger partial charge in [-0.25, -0.2) is 12.7 Å². The summed E-state index contributed by atoms with van der Waals surface area (Å²) in [5, 5.41) is 3.38. The maximum atomic E-state index is 13.1. The van der Waals surface area contributed by atoms with Crippen molar-refractivity contribution in [2.75, 3.05) is 20.1 Å². The van der Waals surface area contributed by atoms with Crippen LogP contribution in [0.1, 0.15) is 38.7 Å². The van der Waals surface area contributed by atoms with Crippen LogP contribution in [0.4, 0.5) is 0 Å². The monoisotopic (exact) mass is 493 g/mol. The molecule has 0 aromatic heterocycles. The molecule has 0 saturated heterocycles. The standard InChI is InChI=1S/C24H32ClN3O4S/c1-4-15-26-24(30)19(2)28(18-20-10-8-11-21(25)17-20)23(29)14-9-16-27(3)33(31,32)22-12-6-5-7-13-22/h5-8,10-13,17,19H,4,9,14-16,18H2,1-3H3,(H,26,30). The number of nitrogens with zero attached hydrogens (tertiary/aromatic N) is 2. The molecule has 1 N–H and O–H groups in total. The molecule has 0 spiro atoms. The molecule has 1 atom stereocenters. The molecular weight excluding hydrogens is 462 g/mol. The van der Waals surface area contributed by atoms with Gasteiger partial charge in [-0.1, -0.05) is 48.9 Å². The van der Waals surface area contributed by atoms with Gasteiger partial charge in [0.1, 0.15) is 6.04 Å². The molecule has 0 aliphatic rings. The summed E-state index contributed by atoms with van der Waals surface area (Å²) < 4.78 is 26.6. The van der Waals surface area contributed by atoms with Gasteiger partial charge in [-0.2, -0.15) is 0 Å². The lowest BCUT2D eigenvalue weighted by Crippen LogP contribution is -2.47. The van der Waals surface area contributed by atoms with Crippen molar-refractivity contribution in [3.05, 3.63) is 65.2 Å². The highest BCUT2D eigenvalue weighted by atomic mass is 35.5. The van der Waals surface area contributed by atoms with Crippen molar-refractivity contribution in [1.82, 2.24) is 14.5 Å². The lowest BCUT2D eigenvalue weighted by molar-refractivity contribution is -0.140. The van der Waals surface area contributed by atoms with Crippen LogP contribution in [0, 0.1) is 0 Å². The molecule has 0 bridgehead atoms. The molecule has 33 heavy (non-hydrogen) atoms. The number of benzene rings is 2. The lowest BCUT2D eigenvalue weighted by atomic mass is 10.1. The molecule has 2 amide bonds. The van der Waals surface area contributed by atoms with Crippen molar-refractivity contribution in [1.29, 1.82) is 0 Å². The van der Waals surface area contributed by atoms with Crippen molar-refractivity contribution < 1.29 is 18.0 Å². The third-order valence-corrected chi connectivity index (χ3v) is 7.38. The van der Waals surface area contributed by atoms with Gasteiger partial charge >= 0.3 is 0 Å². The summed E-state index contributed by atoms with van der Waals surface area (Å²) in [7, 11) is -2.12. The van der Waals surface area contributed by atoms with E-state index in [9.17, 15) is 18.0 Å². The fraction of sp³-hybridized carbons (Fsp3) is 0.417. The highest BCUT2D eigenvalue weighted by Gasteiger charge is 2.26. The number of amides is 2. The Morgan fingerprint density at radius 2 is 1.79 bits per heavy atom. The topological polar surface area (TPSA) is 86.8 Å². The summed E-state index contributed by atoms with van der Waals surface area (Å²) in [5.74, 6) is -0.448. The van der Waals surface area contributed by atoms with Crippen LogP contribution < -0.4 is 5.32 Å². The Labute approximate surface area is 201 Å². The van der Waals surface area contributed by atoms with Gasteiger partial charge in [-0.15, -0.1) is 0 Å². The Hall–Kier alpha value is -2.42. The van der Waals surface area contributed by atoms with Crippen LogP contribution in [0.2, 0.25) is 5.02 Å². The lowest BCUT2D eigenvalue weighted by Gasteiger charge is -2.29. The molecule has 0 fully saturated rings. The van der Waals surface area contributed by atoms with Gasteiger partial charge in [0.2, 0.25) is 21.8 Å². The van der Waals surface area contributed by atoms with Crippen LogP contribution in [0.3, 0.4) is 0 Å². The Morgan fingerprint density at radius 1 is 1.09 bits per heavy atom. The summed E-state index contributed by atoms with van der Waals surface area (Å²) in [6.07, 6.45) is 1.24. The number of rotatable bonds is 12. The van der Waals surface area contributed by atoms with Crippen molar-refractivity contribution in [2.24, 2.45) is 0 Å². The highest BCUT2D eigenvalue weighted by molar-refractivity contribution is 7.89. The third kappa shape index (κ3) is 7.84. The molecule has 180 valence electrons. The molecule has 2 aromatic carbocycles. The molecule has 0 heterocycles. The first-order valence-electron chi connectivity index (χ1n) is 11.0. The first-order valence-corrected chi connectivity index (χ1v) is 12.8. The van der Waals surface area contributed by atoms with Gasteiger partial charge < -0.3 is 10.2 Å². The largest absolute Gasteiger partial charge is 0.354 e. The SMILES string of the molecule is CCCNC(=O)C(C)N(Cc1cccc(Cl)c1)C(=O)CCCN(C)S(=O)(=O)c1ccccc1. The number of nitrogens with one attached hydrogen (secondary N) is 1. The van der Waals surface area contributed by atoms with E-state index in [-0.39, 0.29) is 36.2 Å². The minimum Gasteiger partial charge on any atom is -0.354 e. The first kappa shape index (κ1) is 26.8. The maximum absolute atomic E-state index is 13.1. The quantitative estimate of drug-likeness (QED) is 0.488. The minimum atomic E-state index is -3.62. The van der Waals surface area contributed by atoms with E-state index in [1.54, 1.807) is 55.5 Å². The summed E-state index contributed by atoms with van der Waals surface area (Å²) in [6, 6.07) is 14.7. The number of carbonyl (C=O) groups excluding carboxylic acids is 2. The molecule has 9 heteroatoms. The fourth-order valence-electron chi connectivity index (χ4n) is 3.30. The molecule has 0 aliphatic carbocycles. The van der Waals surface area contributed by atoms with E-state index in [1.165, 1.54) is 16.3 Å². The number of hydrogen-bond donors (Lipinski definition) is 1. The molecule has 0 saturated carbocycles. The fourth-order valence-corrected chi connectivity index (χ4v) is 4.74. The van der Waals surface area contributed by atoms with Crippen LogP contribution in [0.15, 0.2) is 59.5 Å². The van der Waals surface area contributed by atoms with Gasteiger partial charge in [-0.05, 0) is 49.6 Å². The van der Waals surface area contributed by atoms with Crippen molar-refractivity contribution in [2.45, 2.75) is 50.6 Å². The zero-order chi connectivity index (χ0) is 24.4. The Balaban J connectivity index is 2.06. The van der Waals surface area contributed by atoms with Gasteiger partial charge in [0.05, 0.1) is 4.90 Å². The zero-order valence-corrected chi connectivity index (χ0v) is 20.9. The van der Waals surface area contributed by atoms with Crippen LogP contribution in [0.5, 0.6) is 0 Å². The number of sulfonamides is 1. The predicted molar refractivity (Wildman–Crippen MR) is 130 cm³/mol.